The van der Waals surface area contributed by atoms with Crippen LogP contribution in [0.1, 0.15) is 12.0 Å². The molecule has 1 aromatic rings. The van der Waals surface area contributed by atoms with E-state index < -0.39 is 6.10 Å². The number of benzene rings is 1. The molecule has 1 aliphatic heterocycles. The van der Waals surface area contributed by atoms with Gasteiger partial charge < -0.3 is 20.5 Å². The second kappa shape index (κ2) is 7.64. The van der Waals surface area contributed by atoms with Crippen molar-refractivity contribution in [2.75, 3.05) is 26.2 Å². The summed E-state index contributed by atoms with van der Waals surface area (Å²) in [6, 6.07) is 5.27. The van der Waals surface area contributed by atoms with Crippen LogP contribution in [0.25, 0.3) is 0 Å². The minimum absolute atomic E-state index is 0.0382. The van der Waals surface area contributed by atoms with Gasteiger partial charge in [0, 0.05) is 24.0 Å². The van der Waals surface area contributed by atoms with E-state index >= 15 is 0 Å². The molecule has 5 nitrogen and oxygen atoms in total. The lowest BCUT2D eigenvalue weighted by Gasteiger charge is -2.28. The van der Waals surface area contributed by atoms with Gasteiger partial charge in [0.05, 0.1) is 6.10 Å². The zero-order chi connectivity index (χ0) is 15.2. The van der Waals surface area contributed by atoms with Gasteiger partial charge in [0.2, 0.25) is 0 Å². The Balaban J connectivity index is 1.74. The van der Waals surface area contributed by atoms with Crippen LogP contribution >= 0.6 is 11.6 Å². The second-order valence-electron chi connectivity index (χ2n) is 5.32. The van der Waals surface area contributed by atoms with Crippen LogP contribution in [0.5, 0.6) is 5.75 Å². The average Bonchev–Trinajstić information content (AvgIpc) is 2.45. The van der Waals surface area contributed by atoms with E-state index in [2.05, 4.69) is 10.6 Å². The summed E-state index contributed by atoms with van der Waals surface area (Å²) in [5.41, 5.74) is 0.893. The second-order valence-corrected chi connectivity index (χ2v) is 5.76. The summed E-state index contributed by atoms with van der Waals surface area (Å²) < 4.78 is 5.47. The summed E-state index contributed by atoms with van der Waals surface area (Å²) in [6.07, 6.45) is 0.456. The Morgan fingerprint density at radius 2 is 2.38 bits per heavy atom. The number of halogens is 1. The van der Waals surface area contributed by atoms with Crippen LogP contribution in [0.4, 0.5) is 0 Å². The van der Waals surface area contributed by atoms with Crippen LogP contribution in [0.15, 0.2) is 18.2 Å². The molecular formula is C15H21ClN2O3. The van der Waals surface area contributed by atoms with Crippen LogP contribution in [0.3, 0.4) is 0 Å². The molecule has 2 rings (SSSR count). The highest BCUT2D eigenvalue weighted by Crippen LogP contribution is 2.21. The first kappa shape index (κ1) is 16.1. The van der Waals surface area contributed by atoms with Crippen molar-refractivity contribution >= 4 is 17.5 Å². The first-order chi connectivity index (χ1) is 10.1. The molecule has 0 unspecified atom stereocenters. The summed E-state index contributed by atoms with van der Waals surface area (Å²) in [6.45, 7) is 3.78. The smallest absolute Gasteiger partial charge is 0.257 e. The number of hydrogen-bond acceptors (Lipinski definition) is 4. The van der Waals surface area contributed by atoms with Crippen LogP contribution in [0, 0.1) is 12.8 Å². The summed E-state index contributed by atoms with van der Waals surface area (Å²) in [4.78, 5) is 11.8. The van der Waals surface area contributed by atoms with E-state index in [0.29, 0.717) is 23.9 Å². The van der Waals surface area contributed by atoms with E-state index in [9.17, 15) is 9.90 Å². The minimum Gasteiger partial charge on any atom is -0.484 e. The van der Waals surface area contributed by atoms with Gasteiger partial charge in [-0.05, 0) is 43.7 Å². The van der Waals surface area contributed by atoms with E-state index in [0.717, 1.165) is 18.5 Å². The van der Waals surface area contributed by atoms with E-state index in [1.165, 1.54) is 0 Å². The summed E-state index contributed by atoms with van der Waals surface area (Å²) in [5.74, 6) is 0.569. The number of carbonyl (C=O) groups excluding carboxylic acids is 1. The van der Waals surface area contributed by atoms with Gasteiger partial charge in [-0.2, -0.15) is 0 Å². The van der Waals surface area contributed by atoms with Crippen molar-refractivity contribution in [1.29, 1.82) is 0 Å². The third-order valence-electron chi connectivity index (χ3n) is 3.65. The van der Waals surface area contributed by atoms with Gasteiger partial charge in [-0.3, -0.25) is 4.79 Å². The zero-order valence-corrected chi connectivity index (χ0v) is 12.8. The third kappa shape index (κ3) is 4.88. The van der Waals surface area contributed by atoms with Crippen molar-refractivity contribution in [3.8, 4) is 5.75 Å². The standard InChI is InChI=1S/C15H21ClN2O3/c1-10-6-12(16)2-3-14(10)21-9-15(20)18-7-11-4-5-17-8-13(11)19/h2-3,6,11,13,17,19H,4-5,7-9H2,1H3,(H,18,20)/t11-,13+/m0/s1. The van der Waals surface area contributed by atoms with E-state index in [1.54, 1.807) is 18.2 Å². The number of aliphatic hydroxyl groups excluding tert-OH is 1. The largest absolute Gasteiger partial charge is 0.484 e. The highest BCUT2D eigenvalue weighted by Gasteiger charge is 2.23. The number of carbonyl (C=O) groups is 1. The van der Waals surface area contributed by atoms with Crippen molar-refractivity contribution in [3.63, 3.8) is 0 Å². The lowest BCUT2D eigenvalue weighted by atomic mass is 9.95. The molecule has 1 saturated heterocycles. The Labute approximate surface area is 129 Å². The van der Waals surface area contributed by atoms with Gasteiger partial charge in [-0.15, -0.1) is 0 Å². The lowest BCUT2D eigenvalue weighted by Crippen LogP contribution is -2.46. The monoisotopic (exact) mass is 312 g/mol. The number of amides is 1. The van der Waals surface area contributed by atoms with Gasteiger partial charge in [-0.25, -0.2) is 0 Å². The maximum absolute atomic E-state index is 11.8. The Kier molecular flexibility index (Phi) is 5.85. The molecule has 0 aliphatic carbocycles. The number of aliphatic hydroxyl groups is 1. The molecule has 0 saturated carbocycles. The summed E-state index contributed by atoms with van der Waals surface area (Å²) >= 11 is 5.87. The van der Waals surface area contributed by atoms with Gasteiger partial charge in [-0.1, -0.05) is 11.6 Å². The highest BCUT2D eigenvalue weighted by molar-refractivity contribution is 6.30. The van der Waals surface area contributed by atoms with Crippen molar-refractivity contribution in [3.05, 3.63) is 28.8 Å². The topological polar surface area (TPSA) is 70.6 Å². The van der Waals surface area contributed by atoms with Gasteiger partial charge in [0.1, 0.15) is 5.75 Å². The number of rotatable bonds is 5. The molecule has 3 N–H and O–H groups in total. The van der Waals surface area contributed by atoms with Gasteiger partial charge in [0.15, 0.2) is 6.61 Å². The number of aryl methyl sites for hydroxylation is 1. The molecule has 0 radical (unpaired) electrons. The van der Waals surface area contributed by atoms with E-state index in [4.69, 9.17) is 16.3 Å². The molecule has 2 atom stereocenters. The van der Waals surface area contributed by atoms with Crippen molar-refractivity contribution in [2.24, 2.45) is 5.92 Å². The number of ether oxygens (including phenoxy) is 1. The zero-order valence-electron chi connectivity index (χ0n) is 12.1. The Hall–Kier alpha value is -1.30. The quantitative estimate of drug-likeness (QED) is 0.762. The van der Waals surface area contributed by atoms with Gasteiger partial charge >= 0.3 is 0 Å². The lowest BCUT2D eigenvalue weighted by molar-refractivity contribution is -0.123. The van der Waals surface area contributed by atoms with Crippen LogP contribution in [0.2, 0.25) is 5.02 Å². The number of hydrogen-bond donors (Lipinski definition) is 3. The fraction of sp³-hybridized carbons (Fsp3) is 0.533. The molecule has 1 amide bonds. The fourth-order valence-electron chi connectivity index (χ4n) is 2.35. The molecule has 0 aromatic heterocycles. The minimum atomic E-state index is -0.404. The molecule has 0 spiro atoms. The average molecular weight is 313 g/mol. The molecule has 6 heteroatoms. The molecule has 1 aliphatic rings. The molecular weight excluding hydrogens is 292 g/mol. The predicted octanol–water partition coefficient (Wildman–Crippen LogP) is 1.11. The fourth-order valence-corrected chi connectivity index (χ4v) is 2.58. The van der Waals surface area contributed by atoms with Gasteiger partial charge in [0.25, 0.3) is 5.91 Å². The molecule has 116 valence electrons. The van der Waals surface area contributed by atoms with E-state index in [-0.39, 0.29) is 18.4 Å². The summed E-state index contributed by atoms with van der Waals surface area (Å²) in [7, 11) is 0. The first-order valence-electron chi connectivity index (χ1n) is 7.10. The van der Waals surface area contributed by atoms with Crippen LogP contribution < -0.4 is 15.4 Å². The maximum Gasteiger partial charge on any atom is 0.257 e. The molecule has 1 aromatic carbocycles. The van der Waals surface area contributed by atoms with Crippen LogP contribution in [-0.2, 0) is 4.79 Å². The third-order valence-corrected chi connectivity index (χ3v) is 3.88. The predicted molar refractivity (Wildman–Crippen MR) is 81.7 cm³/mol. The number of β-amino-alcohol motifs (C(OH)–C–C–N with tert-alkyl or cyclic N) is 1. The normalized spacial score (nSPS) is 21.9. The first-order valence-corrected chi connectivity index (χ1v) is 7.48. The highest BCUT2D eigenvalue weighted by atomic mass is 35.5. The SMILES string of the molecule is Cc1cc(Cl)ccc1OCC(=O)NC[C@@H]1CCNC[C@H]1O. The van der Waals surface area contributed by atoms with Crippen molar-refractivity contribution in [1.82, 2.24) is 10.6 Å². The number of piperidine rings is 1. The molecule has 1 fully saturated rings. The molecule has 21 heavy (non-hydrogen) atoms. The molecule has 0 bridgehead atoms. The molecule has 1 heterocycles. The Morgan fingerprint density at radius 3 is 3.10 bits per heavy atom. The summed E-state index contributed by atoms with van der Waals surface area (Å²) in [5, 5.41) is 16.4. The maximum atomic E-state index is 11.8. The Bertz CT molecular complexity index is 496. The van der Waals surface area contributed by atoms with Crippen molar-refractivity contribution in [2.45, 2.75) is 19.4 Å². The van der Waals surface area contributed by atoms with Crippen molar-refractivity contribution < 1.29 is 14.6 Å². The van der Waals surface area contributed by atoms with E-state index in [1.807, 2.05) is 6.92 Å². The van der Waals surface area contributed by atoms with Crippen LogP contribution in [-0.4, -0.2) is 43.4 Å². The number of nitrogens with one attached hydrogen (secondary N) is 2. The Morgan fingerprint density at radius 1 is 1.57 bits per heavy atom.